The minimum absolute atomic E-state index is 0.00626. The van der Waals surface area contributed by atoms with E-state index < -0.39 is 0 Å². The highest BCUT2D eigenvalue weighted by atomic mass is 16.5. The lowest BCUT2D eigenvalue weighted by Gasteiger charge is -2.15. The van der Waals surface area contributed by atoms with Gasteiger partial charge in [-0.15, -0.1) is 0 Å². The van der Waals surface area contributed by atoms with Gasteiger partial charge in [-0.05, 0) is 67.7 Å². The number of rotatable bonds is 9. The van der Waals surface area contributed by atoms with Crippen LogP contribution in [0.3, 0.4) is 0 Å². The maximum Gasteiger partial charge on any atom is 0.224 e. The number of amides is 1. The van der Waals surface area contributed by atoms with E-state index >= 15 is 0 Å². The number of fused-ring (bicyclic) bond motifs is 1. The molecule has 2 aromatic carbocycles. The molecule has 30 heavy (non-hydrogen) atoms. The lowest BCUT2D eigenvalue weighted by atomic mass is 10.1. The number of aryl methyl sites for hydroxylation is 1. The third-order valence-corrected chi connectivity index (χ3v) is 5.57. The Hall–Kier alpha value is -2.86. The predicted octanol–water partition coefficient (Wildman–Crippen LogP) is 3.46. The average Bonchev–Trinajstić information content (AvgIpc) is 3.40. The molecular formula is C24H30N4O2. The van der Waals surface area contributed by atoms with Crippen molar-refractivity contribution in [2.45, 2.75) is 38.6 Å². The molecule has 1 saturated heterocycles. The van der Waals surface area contributed by atoms with Crippen molar-refractivity contribution in [2.24, 2.45) is 0 Å². The van der Waals surface area contributed by atoms with E-state index in [0.29, 0.717) is 13.0 Å². The van der Waals surface area contributed by atoms with Crippen molar-refractivity contribution in [2.75, 3.05) is 26.7 Å². The predicted molar refractivity (Wildman–Crippen MR) is 119 cm³/mol. The monoisotopic (exact) mass is 406 g/mol. The molecule has 0 atom stereocenters. The van der Waals surface area contributed by atoms with Crippen molar-refractivity contribution < 1.29 is 9.53 Å². The Morgan fingerprint density at radius 3 is 2.87 bits per heavy atom. The number of H-pyrrole nitrogens is 1. The molecule has 3 aromatic rings. The molecule has 1 fully saturated rings. The van der Waals surface area contributed by atoms with Gasteiger partial charge in [-0.2, -0.15) is 0 Å². The summed E-state index contributed by atoms with van der Waals surface area (Å²) in [6.45, 7) is 4.08. The maximum absolute atomic E-state index is 11.6. The summed E-state index contributed by atoms with van der Waals surface area (Å²) in [7, 11) is 1.65. The van der Waals surface area contributed by atoms with Crippen LogP contribution in [0.25, 0.3) is 11.0 Å². The first kappa shape index (κ1) is 20.4. The van der Waals surface area contributed by atoms with Crippen molar-refractivity contribution in [3.8, 4) is 5.75 Å². The summed E-state index contributed by atoms with van der Waals surface area (Å²) in [6, 6.07) is 14.4. The molecule has 0 saturated carbocycles. The largest absolute Gasteiger partial charge is 0.494 e. The van der Waals surface area contributed by atoms with Crippen molar-refractivity contribution in [1.82, 2.24) is 20.2 Å². The Balaban J connectivity index is 1.27. The summed E-state index contributed by atoms with van der Waals surface area (Å²) in [5.74, 6) is 1.90. The molecule has 1 amide bonds. The maximum atomic E-state index is 11.6. The first-order valence-corrected chi connectivity index (χ1v) is 10.8. The van der Waals surface area contributed by atoms with Gasteiger partial charge in [-0.3, -0.25) is 9.69 Å². The third kappa shape index (κ3) is 5.39. The summed E-state index contributed by atoms with van der Waals surface area (Å²) in [6.07, 6.45) is 4.72. The zero-order chi connectivity index (χ0) is 20.8. The molecule has 0 radical (unpaired) electrons. The summed E-state index contributed by atoms with van der Waals surface area (Å²) >= 11 is 0. The van der Waals surface area contributed by atoms with Gasteiger partial charge in [0, 0.05) is 20.0 Å². The third-order valence-electron chi connectivity index (χ3n) is 5.57. The summed E-state index contributed by atoms with van der Waals surface area (Å²) in [4.78, 5) is 22.1. The van der Waals surface area contributed by atoms with Gasteiger partial charge in [-0.1, -0.05) is 18.2 Å². The summed E-state index contributed by atoms with van der Waals surface area (Å²) < 4.78 is 5.98. The highest BCUT2D eigenvalue weighted by Crippen LogP contribution is 2.19. The van der Waals surface area contributed by atoms with Crippen LogP contribution >= 0.6 is 0 Å². The fourth-order valence-corrected chi connectivity index (χ4v) is 3.97. The smallest absolute Gasteiger partial charge is 0.224 e. The molecule has 1 aliphatic rings. The molecule has 6 nitrogen and oxygen atoms in total. The molecule has 1 aromatic heterocycles. The van der Waals surface area contributed by atoms with Crippen LogP contribution in [0, 0.1) is 0 Å². The summed E-state index contributed by atoms with van der Waals surface area (Å²) in [5.41, 5.74) is 4.19. The first-order valence-electron chi connectivity index (χ1n) is 10.8. The zero-order valence-corrected chi connectivity index (χ0v) is 17.6. The number of benzene rings is 2. The minimum Gasteiger partial charge on any atom is -0.494 e. The highest BCUT2D eigenvalue weighted by Gasteiger charge is 2.12. The van der Waals surface area contributed by atoms with Crippen LogP contribution in [0.4, 0.5) is 0 Å². The second-order valence-corrected chi connectivity index (χ2v) is 7.97. The van der Waals surface area contributed by atoms with Crippen LogP contribution in [-0.2, 0) is 24.2 Å². The van der Waals surface area contributed by atoms with Crippen LogP contribution in [0.1, 0.15) is 36.2 Å². The SMILES string of the molecule is CNC(=O)Cc1ccc2[nH]c(CCCOc3cccc(CN4CCCC4)c3)nc2c1. The van der Waals surface area contributed by atoms with E-state index in [4.69, 9.17) is 4.74 Å². The van der Waals surface area contributed by atoms with Crippen molar-refractivity contribution in [3.05, 3.63) is 59.4 Å². The minimum atomic E-state index is 0.00626. The molecule has 6 heteroatoms. The second kappa shape index (κ2) is 9.76. The Kier molecular flexibility index (Phi) is 6.64. The quantitative estimate of drug-likeness (QED) is 0.534. The van der Waals surface area contributed by atoms with Crippen LogP contribution in [0.2, 0.25) is 0 Å². The van der Waals surface area contributed by atoms with E-state index in [2.05, 4.69) is 38.4 Å². The number of nitrogens with zero attached hydrogens (tertiary/aromatic N) is 2. The number of hydrogen-bond donors (Lipinski definition) is 2. The van der Waals surface area contributed by atoms with Crippen LogP contribution in [0.15, 0.2) is 42.5 Å². The topological polar surface area (TPSA) is 70.2 Å². The van der Waals surface area contributed by atoms with Crippen molar-refractivity contribution in [3.63, 3.8) is 0 Å². The molecule has 4 rings (SSSR count). The van der Waals surface area contributed by atoms with E-state index in [9.17, 15) is 4.79 Å². The lowest BCUT2D eigenvalue weighted by molar-refractivity contribution is -0.119. The van der Waals surface area contributed by atoms with Gasteiger partial charge < -0.3 is 15.0 Å². The number of likely N-dealkylation sites (N-methyl/N-ethyl adjacent to an activating group) is 1. The number of aromatic amines is 1. The fraction of sp³-hybridized carbons (Fsp3) is 0.417. The van der Waals surface area contributed by atoms with Crippen LogP contribution in [0.5, 0.6) is 5.75 Å². The summed E-state index contributed by atoms with van der Waals surface area (Å²) in [5, 5.41) is 2.65. The number of imidazole rings is 1. The van der Waals surface area contributed by atoms with Gasteiger partial charge in [0.2, 0.25) is 5.91 Å². The number of hydrogen-bond acceptors (Lipinski definition) is 4. The van der Waals surface area contributed by atoms with Crippen molar-refractivity contribution in [1.29, 1.82) is 0 Å². The van der Waals surface area contributed by atoms with Gasteiger partial charge >= 0.3 is 0 Å². The molecule has 0 aliphatic carbocycles. The molecule has 1 aliphatic heterocycles. The van der Waals surface area contributed by atoms with Gasteiger partial charge in [0.25, 0.3) is 0 Å². The standard InChI is InChI=1S/C24H30N4O2/c1-25-24(29)16-18-9-10-21-22(15-18)27-23(26-21)8-5-13-30-20-7-4-6-19(14-20)17-28-11-2-3-12-28/h4,6-7,9-10,14-15H,2-3,5,8,11-13,16-17H2,1H3,(H,25,29)(H,26,27). The molecule has 2 heterocycles. The molecule has 158 valence electrons. The number of carbonyl (C=O) groups excluding carboxylic acids is 1. The number of carbonyl (C=O) groups is 1. The van der Waals surface area contributed by atoms with Gasteiger partial charge in [0.15, 0.2) is 0 Å². The Bertz CT molecular complexity index is 992. The highest BCUT2D eigenvalue weighted by molar-refractivity contribution is 5.81. The number of nitrogens with one attached hydrogen (secondary N) is 2. The van der Waals surface area contributed by atoms with E-state index in [1.165, 1.54) is 31.5 Å². The number of aromatic nitrogens is 2. The van der Waals surface area contributed by atoms with Gasteiger partial charge in [0.05, 0.1) is 24.1 Å². The molecule has 0 bridgehead atoms. The molecular weight excluding hydrogens is 376 g/mol. The van der Waals surface area contributed by atoms with E-state index in [0.717, 1.165) is 47.6 Å². The van der Waals surface area contributed by atoms with Crippen LogP contribution in [-0.4, -0.2) is 47.5 Å². The Morgan fingerprint density at radius 2 is 2.03 bits per heavy atom. The molecule has 2 N–H and O–H groups in total. The Labute approximate surface area is 177 Å². The number of ether oxygens (including phenoxy) is 1. The first-order chi connectivity index (χ1) is 14.7. The second-order valence-electron chi connectivity index (χ2n) is 7.97. The lowest BCUT2D eigenvalue weighted by Crippen LogP contribution is -2.19. The van der Waals surface area contributed by atoms with Crippen LogP contribution < -0.4 is 10.1 Å². The Morgan fingerprint density at radius 1 is 1.17 bits per heavy atom. The zero-order valence-electron chi connectivity index (χ0n) is 17.6. The van der Waals surface area contributed by atoms with Gasteiger partial charge in [0.1, 0.15) is 11.6 Å². The van der Waals surface area contributed by atoms with E-state index in [1.807, 2.05) is 24.3 Å². The van der Waals surface area contributed by atoms with E-state index in [1.54, 1.807) is 7.05 Å². The van der Waals surface area contributed by atoms with Gasteiger partial charge in [-0.25, -0.2) is 4.98 Å². The van der Waals surface area contributed by atoms with Crippen molar-refractivity contribution >= 4 is 16.9 Å². The average molecular weight is 407 g/mol. The number of likely N-dealkylation sites (tertiary alicyclic amines) is 1. The molecule has 0 spiro atoms. The fourth-order valence-electron chi connectivity index (χ4n) is 3.97. The molecule has 0 unspecified atom stereocenters. The normalized spacial score (nSPS) is 14.3. The van der Waals surface area contributed by atoms with E-state index in [-0.39, 0.29) is 5.91 Å².